The number of hydrogen-bond acceptors (Lipinski definition) is 3. The summed E-state index contributed by atoms with van der Waals surface area (Å²) in [4.78, 5) is 18.4. The molecule has 0 spiro atoms. The zero-order chi connectivity index (χ0) is 15.1. The van der Waals surface area contributed by atoms with Gasteiger partial charge in [-0.15, -0.1) is 0 Å². The summed E-state index contributed by atoms with van der Waals surface area (Å²) in [6.45, 7) is 9.45. The Bertz CT molecular complexity index is 414. The van der Waals surface area contributed by atoms with Gasteiger partial charge >= 0.3 is 0 Å². The van der Waals surface area contributed by atoms with Crippen molar-refractivity contribution in [3.8, 4) is 0 Å². The topological polar surface area (TPSA) is 45.2 Å². The van der Waals surface area contributed by atoms with Crippen LogP contribution >= 0.6 is 0 Å². The fraction of sp³-hybridized carbons (Fsp3) is 0.625. The minimum Gasteiger partial charge on any atom is -0.384 e. The van der Waals surface area contributed by atoms with Crippen LogP contribution in [0.3, 0.4) is 0 Å². The Morgan fingerprint density at radius 2 is 2.05 bits per heavy atom. The van der Waals surface area contributed by atoms with Gasteiger partial charge in [-0.1, -0.05) is 20.8 Å². The summed E-state index contributed by atoms with van der Waals surface area (Å²) in [6, 6.07) is 3.93. The molecule has 1 N–H and O–H groups in total. The van der Waals surface area contributed by atoms with E-state index in [-0.39, 0.29) is 11.9 Å². The Hall–Kier alpha value is -1.58. The minimum absolute atomic E-state index is 0.0137. The van der Waals surface area contributed by atoms with Gasteiger partial charge in [0.05, 0.1) is 11.9 Å². The summed E-state index contributed by atoms with van der Waals surface area (Å²) in [5.74, 6) is 0.564. The molecule has 0 fully saturated rings. The van der Waals surface area contributed by atoms with Gasteiger partial charge in [-0.05, 0) is 37.8 Å². The lowest BCUT2D eigenvalue weighted by atomic mass is 10.0. The first-order valence-corrected chi connectivity index (χ1v) is 7.42. The van der Waals surface area contributed by atoms with E-state index in [4.69, 9.17) is 0 Å². The molecule has 0 aliphatic rings. The maximum absolute atomic E-state index is 12.3. The van der Waals surface area contributed by atoms with Gasteiger partial charge in [0.1, 0.15) is 5.69 Å². The zero-order valence-corrected chi connectivity index (χ0v) is 13.3. The second-order valence-electron chi connectivity index (χ2n) is 5.75. The normalized spacial score (nSPS) is 12.3. The molecule has 20 heavy (non-hydrogen) atoms. The highest BCUT2D eigenvalue weighted by Crippen LogP contribution is 2.13. The number of aromatic nitrogens is 1. The van der Waals surface area contributed by atoms with Gasteiger partial charge in [-0.3, -0.25) is 4.79 Å². The number of rotatable bonds is 7. The van der Waals surface area contributed by atoms with Gasteiger partial charge < -0.3 is 10.2 Å². The molecule has 0 bridgehead atoms. The average molecular weight is 277 g/mol. The molecule has 112 valence electrons. The molecule has 1 rings (SSSR count). The fourth-order valence-corrected chi connectivity index (χ4v) is 2.12. The maximum Gasteiger partial charge on any atom is 0.272 e. The Morgan fingerprint density at radius 3 is 2.55 bits per heavy atom. The van der Waals surface area contributed by atoms with Gasteiger partial charge in [-0.2, -0.15) is 0 Å². The van der Waals surface area contributed by atoms with E-state index in [0.29, 0.717) is 11.6 Å². The summed E-state index contributed by atoms with van der Waals surface area (Å²) in [5, 5.41) is 3.25. The van der Waals surface area contributed by atoms with Crippen molar-refractivity contribution in [3.63, 3.8) is 0 Å². The lowest BCUT2D eigenvalue weighted by Gasteiger charge is -2.26. The smallest absolute Gasteiger partial charge is 0.272 e. The van der Waals surface area contributed by atoms with Gasteiger partial charge in [-0.25, -0.2) is 4.98 Å². The van der Waals surface area contributed by atoms with Crippen molar-refractivity contribution in [1.82, 2.24) is 9.88 Å². The van der Waals surface area contributed by atoms with Crippen LogP contribution in [0.4, 0.5) is 5.69 Å². The number of amides is 1. The number of carbonyl (C=O) groups is 1. The summed E-state index contributed by atoms with van der Waals surface area (Å²) in [6.07, 6.45) is 3.79. The molecule has 1 unspecified atom stereocenters. The van der Waals surface area contributed by atoms with E-state index in [9.17, 15) is 4.79 Å². The number of pyridine rings is 1. The third kappa shape index (κ3) is 4.83. The highest BCUT2D eigenvalue weighted by Gasteiger charge is 2.19. The quantitative estimate of drug-likeness (QED) is 0.830. The number of anilines is 1. The molecule has 0 saturated carbocycles. The first-order chi connectivity index (χ1) is 9.45. The Morgan fingerprint density at radius 1 is 1.35 bits per heavy atom. The molecule has 4 nitrogen and oxygen atoms in total. The van der Waals surface area contributed by atoms with Crippen LogP contribution in [0.2, 0.25) is 0 Å². The Balaban J connectivity index is 2.66. The fourth-order valence-electron chi connectivity index (χ4n) is 2.12. The maximum atomic E-state index is 12.3. The number of carbonyl (C=O) groups excluding carboxylic acids is 1. The predicted octanol–water partition coefficient (Wildman–Crippen LogP) is 3.41. The second-order valence-corrected chi connectivity index (χ2v) is 5.75. The molecule has 1 atom stereocenters. The molecular formula is C16H27N3O. The van der Waals surface area contributed by atoms with Crippen molar-refractivity contribution in [2.75, 3.05) is 18.9 Å². The minimum atomic E-state index is -0.0137. The molecule has 1 aromatic heterocycles. The van der Waals surface area contributed by atoms with Crippen LogP contribution in [0.15, 0.2) is 18.3 Å². The van der Waals surface area contributed by atoms with Crippen LogP contribution in [-0.2, 0) is 0 Å². The van der Waals surface area contributed by atoms with Gasteiger partial charge in [0.25, 0.3) is 5.91 Å². The number of nitrogens with zero attached hydrogens (tertiary/aromatic N) is 2. The van der Waals surface area contributed by atoms with Crippen molar-refractivity contribution >= 4 is 11.6 Å². The zero-order valence-electron chi connectivity index (χ0n) is 13.3. The van der Waals surface area contributed by atoms with Crippen molar-refractivity contribution in [3.05, 3.63) is 24.0 Å². The Kier molecular flexibility index (Phi) is 6.49. The van der Waals surface area contributed by atoms with Crippen molar-refractivity contribution in [1.29, 1.82) is 0 Å². The number of nitrogens with one attached hydrogen (secondary N) is 1. The molecular weight excluding hydrogens is 250 g/mol. The van der Waals surface area contributed by atoms with E-state index in [1.165, 1.54) is 0 Å². The molecule has 1 aromatic rings. The van der Waals surface area contributed by atoms with Crippen molar-refractivity contribution < 1.29 is 4.79 Å². The monoisotopic (exact) mass is 277 g/mol. The van der Waals surface area contributed by atoms with Crippen LogP contribution in [0.25, 0.3) is 0 Å². The van der Waals surface area contributed by atoms with E-state index in [1.54, 1.807) is 17.2 Å². The molecule has 0 aliphatic carbocycles. The predicted molar refractivity (Wildman–Crippen MR) is 84.0 cm³/mol. The average Bonchev–Trinajstić information content (AvgIpc) is 2.43. The third-order valence-electron chi connectivity index (χ3n) is 3.36. The lowest BCUT2D eigenvalue weighted by molar-refractivity contribution is 0.0722. The molecule has 4 heteroatoms. The largest absolute Gasteiger partial charge is 0.384 e. The van der Waals surface area contributed by atoms with Gasteiger partial charge in [0, 0.05) is 19.6 Å². The van der Waals surface area contributed by atoms with E-state index < -0.39 is 0 Å². The SMILES string of the molecule is CCCNc1ccc(C(=O)N(C)C(C)CC(C)C)nc1. The van der Waals surface area contributed by atoms with Gasteiger partial charge in [0.2, 0.25) is 0 Å². The Labute approximate surface area is 122 Å². The summed E-state index contributed by atoms with van der Waals surface area (Å²) >= 11 is 0. The first kappa shape index (κ1) is 16.5. The van der Waals surface area contributed by atoms with E-state index in [2.05, 4.69) is 38.0 Å². The van der Waals surface area contributed by atoms with Crippen LogP contribution in [0.5, 0.6) is 0 Å². The van der Waals surface area contributed by atoms with E-state index in [0.717, 1.165) is 25.1 Å². The molecule has 1 heterocycles. The van der Waals surface area contributed by atoms with Crippen LogP contribution in [0, 0.1) is 5.92 Å². The molecule has 0 saturated heterocycles. The molecule has 0 aliphatic heterocycles. The molecule has 1 amide bonds. The van der Waals surface area contributed by atoms with Crippen molar-refractivity contribution in [2.45, 2.75) is 46.6 Å². The molecule has 0 radical (unpaired) electrons. The highest BCUT2D eigenvalue weighted by molar-refractivity contribution is 5.92. The van der Waals surface area contributed by atoms with E-state index in [1.807, 2.05) is 13.1 Å². The van der Waals surface area contributed by atoms with Crippen LogP contribution in [0.1, 0.15) is 51.0 Å². The van der Waals surface area contributed by atoms with Crippen LogP contribution in [-0.4, -0.2) is 35.4 Å². The van der Waals surface area contributed by atoms with Crippen molar-refractivity contribution in [2.24, 2.45) is 5.92 Å². The van der Waals surface area contributed by atoms with Crippen LogP contribution < -0.4 is 5.32 Å². The summed E-state index contributed by atoms with van der Waals surface area (Å²) < 4.78 is 0. The number of hydrogen-bond donors (Lipinski definition) is 1. The highest BCUT2D eigenvalue weighted by atomic mass is 16.2. The summed E-state index contributed by atoms with van der Waals surface area (Å²) in [5.41, 5.74) is 1.46. The second kappa shape index (κ2) is 7.88. The molecule has 0 aromatic carbocycles. The van der Waals surface area contributed by atoms with E-state index >= 15 is 0 Å². The van der Waals surface area contributed by atoms with Gasteiger partial charge in [0.15, 0.2) is 0 Å². The third-order valence-corrected chi connectivity index (χ3v) is 3.36. The standard InChI is InChI=1S/C16H27N3O/c1-6-9-17-14-7-8-15(18-11-14)16(20)19(5)13(4)10-12(2)3/h7-8,11-13,17H,6,9-10H2,1-5H3. The lowest BCUT2D eigenvalue weighted by Crippen LogP contribution is -2.36. The summed E-state index contributed by atoms with van der Waals surface area (Å²) in [7, 11) is 1.85. The first-order valence-electron chi connectivity index (χ1n) is 7.42.